The first kappa shape index (κ1) is 19.6. The number of carbonyl (C=O) groups excluding carboxylic acids is 1. The topological polar surface area (TPSA) is 81.6 Å². The summed E-state index contributed by atoms with van der Waals surface area (Å²) in [4.78, 5) is 24.7. The number of anilines is 2. The van der Waals surface area contributed by atoms with E-state index >= 15 is 0 Å². The zero-order valence-electron chi connectivity index (χ0n) is 16.8. The van der Waals surface area contributed by atoms with Gasteiger partial charge in [-0.3, -0.25) is 4.79 Å². The number of carbonyl (C=O) groups is 1. The number of aliphatic hydroxyl groups is 1. The van der Waals surface area contributed by atoms with Crippen molar-refractivity contribution in [2.45, 2.75) is 38.8 Å². The van der Waals surface area contributed by atoms with Gasteiger partial charge in [0.1, 0.15) is 18.0 Å². The lowest BCUT2D eigenvalue weighted by Gasteiger charge is -2.32. The molecule has 1 aromatic heterocycles. The highest BCUT2D eigenvalue weighted by Crippen LogP contribution is 2.22. The van der Waals surface area contributed by atoms with Crippen LogP contribution in [0.4, 0.5) is 11.6 Å². The smallest absolute Gasteiger partial charge is 0.222 e. The normalized spacial score (nSPS) is 19.6. The Morgan fingerprint density at radius 3 is 2.69 bits per heavy atom. The van der Waals surface area contributed by atoms with E-state index in [1.54, 1.807) is 6.33 Å². The van der Waals surface area contributed by atoms with Gasteiger partial charge in [0.25, 0.3) is 0 Å². The first-order chi connectivity index (χ1) is 14.2. The molecule has 0 spiro atoms. The molecule has 0 radical (unpaired) electrons. The van der Waals surface area contributed by atoms with Crippen LogP contribution in [0.15, 0.2) is 36.7 Å². The van der Waals surface area contributed by atoms with Crippen LogP contribution in [-0.2, 0) is 17.9 Å². The Balaban J connectivity index is 1.32. The van der Waals surface area contributed by atoms with Crippen LogP contribution < -0.4 is 10.2 Å². The molecule has 1 amide bonds. The fraction of sp³-hybridized carbons (Fsp3) is 0.500. The molecule has 154 valence electrons. The third-order valence-corrected chi connectivity index (χ3v) is 5.80. The predicted molar refractivity (Wildman–Crippen MR) is 112 cm³/mol. The summed E-state index contributed by atoms with van der Waals surface area (Å²) in [6.07, 6.45) is 5.40. The lowest BCUT2D eigenvalue weighted by atomic mass is 9.99. The summed E-state index contributed by atoms with van der Waals surface area (Å²) in [7, 11) is 0. The van der Waals surface area contributed by atoms with Crippen LogP contribution >= 0.6 is 0 Å². The fourth-order valence-electron chi connectivity index (χ4n) is 4.09. The minimum absolute atomic E-state index is 0.231. The highest BCUT2D eigenvalue weighted by atomic mass is 16.3. The zero-order valence-corrected chi connectivity index (χ0v) is 16.8. The van der Waals surface area contributed by atoms with Crippen molar-refractivity contribution >= 4 is 17.5 Å². The lowest BCUT2D eigenvalue weighted by molar-refractivity contribution is -0.128. The van der Waals surface area contributed by atoms with Gasteiger partial charge >= 0.3 is 0 Å². The number of amides is 1. The monoisotopic (exact) mass is 395 g/mol. The minimum atomic E-state index is 0.231. The Kier molecular flexibility index (Phi) is 6.24. The van der Waals surface area contributed by atoms with E-state index in [0.29, 0.717) is 25.4 Å². The van der Waals surface area contributed by atoms with Gasteiger partial charge < -0.3 is 20.2 Å². The highest BCUT2D eigenvalue weighted by molar-refractivity contribution is 5.78. The number of aromatic nitrogens is 2. The SMILES string of the molecule is O=C1CCCN1Cc1ccc(CNc2cc(N3CCCC(CO)C3)ncn2)cc1. The van der Waals surface area contributed by atoms with E-state index in [2.05, 4.69) is 44.5 Å². The predicted octanol–water partition coefficient (Wildman–Crippen LogP) is 2.42. The number of benzene rings is 1. The van der Waals surface area contributed by atoms with Crippen molar-refractivity contribution in [3.63, 3.8) is 0 Å². The number of aliphatic hydroxyl groups excluding tert-OH is 1. The Hall–Kier alpha value is -2.67. The molecule has 1 unspecified atom stereocenters. The third kappa shape index (κ3) is 5.03. The Bertz CT molecular complexity index is 826. The zero-order chi connectivity index (χ0) is 20.1. The minimum Gasteiger partial charge on any atom is -0.396 e. The average molecular weight is 396 g/mol. The molecular formula is C22H29N5O2. The lowest BCUT2D eigenvalue weighted by Crippen LogP contribution is -2.37. The van der Waals surface area contributed by atoms with Crippen molar-refractivity contribution in [2.75, 3.05) is 36.5 Å². The first-order valence-corrected chi connectivity index (χ1v) is 10.5. The van der Waals surface area contributed by atoms with Crippen molar-refractivity contribution in [2.24, 2.45) is 5.92 Å². The molecule has 7 heteroatoms. The average Bonchev–Trinajstić information content (AvgIpc) is 3.18. The molecule has 2 aliphatic rings. The standard InChI is InChI=1S/C22H29N5O2/c28-15-19-3-1-9-26(14-19)21-11-20(24-16-25-21)23-12-17-5-7-18(8-6-17)13-27-10-2-4-22(27)29/h5-8,11,16,19,28H,1-4,9-10,12-15H2,(H,23,24,25). The van der Waals surface area contributed by atoms with Crippen LogP contribution in [-0.4, -0.2) is 52.1 Å². The molecule has 2 aliphatic heterocycles. The van der Waals surface area contributed by atoms with Crippen LogP contribution in [0.3, 0.4) is 0 Å². The van der Waals surface area contributed by atoms with Crippen LogP contribution in [0.2, 0.25) is 0 Å². The van der Waals surface area contributed by atoms with E-state index in [9.17, 15) is 9.90 Å². The van der Waals surface area contributed by atoms with Gasteiger partial charge in [-0.1, -0.05) is 24.3 Å². The van der Waals surface area contributed by atoms with E-state index < -0.39 is 0 Å². The van der Waals surface area contributed by atoms with E-state index in [-0.39, 0.29) is 12.5 Å². The van der Waals surface area contributed by atoms with Gasteiger partial charge in [0.15, 0.2) is 0 Å². The molecule has 4 rings (SSSR count). The van der Waals surface area contributed by atoms with Gasteiger partial charge in [0, 0.05) is 51.8 Å². The second kappa shape index (κ2) is 9.22. The van der Waals surface area contributed by atoms with Gasteiger partial charge in [-0.05, 0) is 36.3 Å². The Morgan fingerprint density at radius 1 is 1.10 bits per heavy atom. The number of rotatable bonds is 7. The Labute approximate surface area is 171 Å². The fourth-order valence-corrected chi connectivity index (χ4v) is 4.09. The molecular weight excluding hydrogens is 366 g/mol. The number of hydrogen-bond donors (Lipinski definition) is 2. The van der Waals surface area contributed by atoms with Gasteiger partial charge in [-0.2, -0.15) is 0 Å². The van der Waals surface area contributed by atoms with Gasteiger partial charge in [-0.25, -0.2) is 9.97 Å². The van der Waals surface area contributed by atoms with Crippen LogP contribution in [0, 0.1) is 5.92 Å². The number of nitrogens with zero attached hydrogens (tertiary/aromatic N) is 4. The summed E-state index contributed by atoms with van der Waals surface area (Å²) < 4.78 is 0. The molecule has 2 N–H and O–H groups in total. The molecule has 0 bridgehead atoms. The maximum atomic E-state index is 11.8. The molecule has 29 heavy (non-hydrogen) atoms. The third-order valence-electron chi connectivity index (χ3n) is 5.80. The summed E-state index contributed by atoms with van der Waals surface area (Å²) >= 11 is 0. The number of likely N-dealkylation sites (tertiary alicyclic amines) is 1. The van der Waals surface area contributed by atoms with Crippen molar-refractivity contribution in [3.05, 3.63) is 47.8 Å². The molecule has 1 atom stereocenters. The van der Waals surface area contributed by atoms with E-state index in [1.165, 1.54) is 5.56 Å². The number of nitrogens with one attached hydrogen (secondary N) is 1. The van der Waals surface area contributed by atoms with E-state index in [1.807, 2.05) is 11.0 Å². The molecule has 0 saturated carbocycles. The molecule has 2 aromatic rings. The van der Waals surface area contributed by atoms with Crippen molar-refractivity contribution in [1.82, 2.24) is 14.9 Å². The summed E-state index contributed by atoms with van der Waals surface area (Å²) in [5, 5.41) is 12.8. The second-order valence-corrected chi connectivity index (χ2v) is 7.99. The largest absolute Gasteiger partial charge is 0.396 e. The summed E-state index contributed by atoms with van der Waals surface area (Å²) in [6, 6.07) is 10.4. The summed E-state index contributed by atoms with van der Waals surface area (Å²) in [5.41, 5.74) is 2.33. The van der Waals surface area contributed by atoms with Gasteiger partial charge in [0.05, 0.1) is 0 Å². The maximum absolute atomic E-state index is 11.8. The van der Waals surface area contributed by atoms with Crippen molar-refractivity contribution < 1.29 is 9.90 Å². The summed E-state index contributed by atoms with van der Waals surface area (Å²) in [6.45, 7) is 4.29. The molecule has 1 aromatic carbocycles. The molecule has 0 aliphatic carbocycles. The highest BCUT2D eigenvalue weighted by Gasteiger charge is 2.21. The van der Waals surface area contributed by atoms with E-state index in [4.69, 9.17) is 0 Å². The quantitative estimate of drug-likeness (QED) is 0.749. The van der Waals surface area contributed by atoms with Crippen LogP contribution in [0.5, 0.6) is 0 Å². The van der Waals surface area contributed by atoms with Gasteiger partial charge in [-0.15, -0.1) is 0 Å². The molecule has 2 fully saturated rings. The van der Waals surface area contributed by atoms with Crippen molar-refractivity contribution in [3.8, 4) is 0 Å². The summed E-state index contributed by atoms with van der Waals surface area (Å²) in [5.74, 6) is 2.29. The number of piperidine rings is 1. The number of hydrogen-bond acceptors (Lipinski definition) is 6. The molecule has 7 nitrogen and oxygen atoms in total. The second-order valence-electron chi connectivity index (χ2n) is 7.99. The van der Waals surface area contributed by atoms with Gasteiger partial charge in [0.2, 0.25) is 5.91 Å². The Morgan fingerprint density at radius 2 is 1.93 bits per heavy atom. The van der Waals surface area contributed by atoms with E-state index in [0.717, 1.165) is 56.1 Å². The molecule has 3 heterocycles. The first-order valence-electron chi connectivity index (χ1n) is 10.5. The van der Waals surface area contributed by atoms with Crippen LogP contribution in [0.25, 0.3) is 0 Å². The van der Waals surface area contributed by atoms with Crippen LogP contribution in [0.1, 0.15) is 36.8 Å². The van der Waals surface area contributed by atoms with Crippen molar-refractivity contribution in [1.29, 1.82) is 0 Å². The maximum Gasteiger partial charge on any atom is 0.222 e. The molecule has 2 saturated heterocycles.